The third-order valence-corrected chi connectivity index (χ3v) is 5.10. The number of methoxy groups -OCH3 is 1. The molecule has 3 rings (SSSR count). The summed E-state index contributed by atoms with van der Waals surface area (Å²) in [4.78, 5) is 29.6. The van der Waals surface area contributed by atoms with E-state index in [1.165, 1.54) is 37.1 Å². The van der Waals surface area contributed by atoms with Gasteiger partial charge in [0.05, 0.1) is 22.5 Å². The molecule has 0 unspecified atom stereocenters. The Morgan fingerprint density at radius 1 is 1.32 bits per heavy atom. The van der Waals surface area contributed by atoms with Gasteiger partial charge in [0.25, 0.3) is 11.6 Å². The van der Waals surface area contributed by atoms with Crippen LogP contribution in [0.1, 0.15) is 19.6 Å². The van der Waals surface area contributed by atoms with E-state index in [1.807, 2.05) is 13.8 Å². The highest BCUT2D eigenvalue weighted by molar-refractivity contribution is 8.18. The quantitative estimate of drug-likeness (QED) is 0.409. The lowest BCUT2D eigenvalue weighted by atomic mass is 10.1. The molecule has 2 heterocycles. The minimum absolute atomic E-state index is 0.0624. The van der Waals surface area contributed by atoms with E-state index in [2.05, 4.69) is 4.99 Å². The number of carbonyl (C=O) groups excluding carboxylic acids is 1. The van der Waals surface area contributed by atoms with Crippen molar-refractivity contribution in [3.8, 4) is 17.1 Å². The summed E-state index contributed by atoms with van der Waals surface area (Å²) < 4.78 is 11.1. The van der Waals surface area contributed by atoms with Gasteiger partial charge in [0, 0.05) is 31.3 Å². The van der Waals surface area contributed by atoms with Gasteiger partial charge >= 0.3 is 0 Å². The number of amidine groups is 1. The third-order valence-electron chi connectivity index (χ3n) is 4.06. The van der Waals surface area contributed by atoms with Crippen molar-refractivity contribution in [2.45, 2.75) is 13.8 Å². The summed E-state index contributed by atoms with van der Waals surface area (Å²) in [6.07, 6.45) is 1.65. The highest BCUT2D eigenvalue weighted by Gasteiger charge is 2.32. The predicted molar refractivity (Wildman–Crippen MR) is 108 cm³/mol. The van der Waals surface area contributed by atoms with Crippen LogP contribution in [0.25, 0.3) is 17.4 Å². The van der Waals surface area contributed by atoms with Gasteiger partial charge in [-0.15, -0.1) is 0 Å². The Morgan fingerprint density at radius 3 is 2.75 bits per heavy atom. The topological polar surface area (TPSA) is 98.2 Å². The van der Waals surface area contributed by atoms with Crippen LogP contribution in [-0.2, 0) is 4.79 Å². The molecule has 2 aromatic rings. The lowest BCUT2D eigenvalue weighted by Gasteiger charge is -2.11. The van der Waals surface area contributed by atoms with Crippen LogP contribution >= 0.6 is 11.8 Å². The largest absolute Gasteiger partial charge is 0.496 e. The van der Waals surface area contributed by atoms with E-state index < -0.39 is 4.92 Å². The molecular formula is C19H19N3O5S. The molecule has 0 atom stereocenters. The number of nitro benzene ring substituents is 1. The number of carbonyl (C=O) groups is 1. The monoisotopic (exact) mass is 401 g/mol. The molecule has 1 aromatic heterocycles. The van der Waals surface area contributed by atoms with Crippen molar-refractivity contribution in [2.75, 3.05) is 20.2 Å². The van der Waals surface area contributed by atoms with E-state index >= 15 is 0 Å². The Balaban J connectivity index is 1.94. The molecule has 1 aliphatic heterocycles. The fraction of sp³-hybridized carbons (Fsp3) is 0.263. The van der Waals surface area contributed by atoms with Crippen molar-refractivity contribution < 1.29 is 18.9 Å². The molecule has 146 valence electrons. The number of non-ortho nitro benzene ring substituents is 1. The maximum Gasteiger partial charge on any atom is 0.270 e. The van der Waals surface area contributed by atoms with Crippen molar-refractivity contribution in [3.63, 3.8) is 0 Å². The van der Waals surface area contributed by atoms with E-state index in [-0.39, 0.29) is 11.6 Å². The average molecular weight is 401 g/mol. The number of nitrogens with zero attached hydrogens (tertiary/aromatic N) is 3. The average Bonchev–Trinajstić information content (AvgIpc) is 3.26. The molecule has 1 aromatic carbocycles. The van der Waals surface area contributed by atoms with Crippen LogP contribution in [0.15, 0.2) is 44.6 Å². The standard InChI is InChI=1S/C19H19N3O5S/c1-4-20-19-21(5-2)18(23)17(28-19)11-13-7-9-16(27-13)14-10-12(22(24)25)6-8-15(14)26-3/h6-11H,4-5H2,1-3H3/b17-11+,20-19?. The molecule has 0 aliphatic carbocycles. The number of furan rings is 1. The van der Waals surface area contributed by atoms with E-state index in [0.29, 0.717) is 46.0 Å². The summed E-state index contributed by atoms with van der Waals surface area (Å²) in [6, 6.07) is 7.69. The minimum atomic E-state index is -0.476. The number of aliphatic imine (C=N–C) groups is 1. The first-order chi connectivity index (χ1) is 13.5. The number of thioether (sulfide) groups is 1. The highest BCUT2D eigenvalue weighted by atomic mass is 32.2. The third kappa shape index (κ3) is 3.79. The second-order valence-electron chi connectivity index (χ2n) is 5.76. The van der Waals surface area contributed by atoms with Crippen molar-refractivity contribution in [2.24, 2.45) is 4.99 Å². The first-order valence-corrected chi connectivity index (χ1v) is 9.48. The zero-order valence-corrected chi connectivity index (χ0v) is 16.5. The second-order valence-corrected chi connectivity index (χ2v) is 6.77. The zero-order chi connectivity index (χ0) is 20.3. The second kappa shape index (κ2) is 8.30. The number of ether oxygens (including phenoxy) is 1. The molecule has 0 spiro atoms. The molecule has 0 radical (unpaired) electrons. The molecule has 28 heavy (non-hydrogen) atoms. The zero-order valence-electron chi connectivity index (χ0n) is 15.7. The van der Waals surface area contributed by atoms with Crippen molar-refractivity contribution in [1.82, 2.24) is 4.90 Å². The van der Waals surface area contributed by atoms with Gasteiger partial charge in [0.15, 0.2) is 5.17 Å². The molecule has 0 saturated carbocycles. The smallest absolute Gasteiger partial charge is 0.270 e. The van der Waals surface area contributed by atoms with E-state index in [1.54, 1.807) is 23.1 Å². The van der Waals surface area contributed by atoms with Crippen LogP contribution in [0.4, 0.5) is 5.69 Å². The molecular weight excluding hydrogens is 382 g/mol. The molecule has 0 N–H and O–H groups in total. The Labute approximate surface area is 166 Å². The fourth-order valence-corrected chi connectivity index (χ4v) is 3.83. The summed E-state index contributed by atoms with van der Waals surface area (Å²) in [6.45, 7) is 4.94. The first-order valence-electron chi connectivity index (χ1n) is 8.67. The van der Waals surface area contributed by atoms with Crippen LogP contribution in [-0.4, -0.2) is 41.1 Å². The molecule has 0 bridgehead atoms. The Morgan fingerprint density at radius 2 is 2.11 bits per heavy atom. The van der Waals surface area contributed by atoms with Gasteiger partial charge < -0.3 is 9.15 Å². The Hall–Kier alpha value is -3.07. The van der Waals surface area contributed by atoms with E-state index in [0.717, 1.165) is 0 Å². The Kier molecular flexibility index (Phi) is 5.84. The lowest BCUT2D eigenvalue weighted by Crippen LogP contribution is -2.28. The normalized spacial score (nSPS) is 17.0. The van der Waals surface area contributed by atoms with Gasteiger partial charge in [0.2, 0.25) is 0 Å². The summed E-state index contributed by atoms with van der Waals surface area (Å²) >= 11 is 1.30. The minimum Gasteiger partial charge on any atom is -0.496 e. The summed E-state index contributed by atoms with van der Waals surface area (Å²) in [5.41, 5.74) is 0.405. The first kappa shape index (κ1) is 19.7. The van der Waals surface area contributed by atoms with E-state index in [9.17, 15) is 14.9 Å². The van der Waals surface area contributed by atoms with Crippen LogP contribution in [0.5, 0.6) is 5.75 Å². The van der Waals surface area contributed by atoms with Gasteiger partial charge in [-0.3, -0.25) is 24.8 Å². The number of hydrogen-bond donors (Lipinski definition) is 0. The van der Waals surface area contributed by atoms with Crippen LogP contribution in [0, 0.1) is 10.1 Å². The number of hydrogen-bond acceptors (Lipinski definition) is 7. The van der Waals surface area contributed by atoms with Gasteiger partial charge in [-0.25, -0.2) is 0 Å². The van der Waals surface area contributed by atoms with E-state index in [4.69, 9.17) is 9.15 Å². The number of likely N-dealkylation sites (N-methyl/N-ethyl adjacent to an activating group) is 1. The molecule has 1 saturated heterocycles. The van der Waals surface area contributed by atoms with Gasteiger partial charge in [0.1, 0.15) is 17.3 Å². The van der Waals surface area contributed by atoms with Crippen molar-refractivity contribution in [3.05, 3.63) is 51.1 Å². The summed E-state index contributed by atoms with van der Waals surface area (Å²) in [7, 11) is 1.48. The maximum atomic E-state index is 12.5. The fourth-order valence-electron chi connectivity index (χ4n) is 2.75. The number of benzene rings is 1. The van der Waals surface area contributed by atoms with Gasteiger partial charge in [-0.05, 0) is 43.8 Å². The van der Waals surface area contributed by atoms with Crippen molar-refractivity contribution >= 4 is 34.6 Å². The van der Waals surface area contributed by atoms with Gasteiger partial charge in [-0.2, -0.15) is 0 Å². The molecule has 1 fully saturated rings. The molecule has 1 aliphatic rings. The summed E-state index contributed by atoms with van der Waals surface area (Å²) in [5, 5.41) is 11.7. The number of rotatable bonds is 6. The van der Waals surface area contributed by atoms with Gasteiger partial charge in [-0.1, -0.05) is 0 Å². The molecule has 8 nitrogen and oxygen atoms in total. The molecule has 9 heteroatoms. The Bertz CT molecular complexity index is 980. The number of amides is 1. The van der Waals surface area contributed by atoms with Crippen LogP contribution < -0.4 is 4.74 Å². The lowest BCUT2D eigenvalue weighted by molar-refractivity contribution is -0.384. The van der Waals surface area contributed by atoms with Crippen molar-refractivity contribution in [1.29, 1.82) is 0 Å². The summed E-state index contributed by atoms with van der Waals surface area (Å²) in [5.74, 6) is 1.22. The number of nitro groups is 1. The SMILES string of the molecule is CCN=C1S/C(=C/c2ccc(-c3cc([N+](=O)[O-])ccc3OC)o2)C(=O)N1CC. The predicted octanol–water partition coefficient (Wildman–Crippen LogP) is 4.18. The highest BCUT2D eigenvalue weighted by Crippen LogP contribution is 2.36. The van der Waals surface area contributed by atoms with Crippen LogP contribution in [0.3, 0.4) is 0 Å². The van der Waals surface area contributed by atoms with Crippen LogP contribution in [0.2, 0.25) is 0 Å². The molecule has 1 amide bonds. The maximum absolute atomic E-state index is 12.5.